The Bertz CT molecular complexity index is 1340. The average molecular weight is 680 g/mol. The highest BCUT2D eigenvalue weighted by atomic mass is 31.2. The van der Waals surface area contributed by atoms with Crippen molar-refractivity contribution in [1.82, 2.24) is 0 Å². The van der Waals surface area contributed by atoms with Gasteiger partial charge in [-0.05, 0) is 74.8 Å². The number of esters is 1. The van der Waals surface area contributed by atoms with Crippen molar-refractivity contribution in [3.63, 3.8) is 0 Å². The van der Waals surface area contributed by atoms with Crippen molar-refractivity contribution < 1.29 is 47.1 Å². The fourth-order valence-corrected chi connectivity index (χ4v) is 5.03. The van der Waals surface area contributed by atoms with E-state index in [1.807, 2.05) is 56.3 Å². The summed E-state index contributed by atoms with van der Waals surface area (Å²) in [6.07, 6.45) is -1.02. The van der Waals surface area contributed by atoms with Crippen LogP contribution in [0.3, 0.4) is 0 Å². The Labute approximate surface area is 277 Å². The number of anilines is 3. The van der Waals surface area contributed by atoms with Gasteiger partial charge in [0.2, 0.25) is 13.6 Å². The van der Waals surface area contributed by atoms with Crippen LogP contribution >= 0.6 is 7.82 Å². The number of hydrogen-bond donors (Lipinski definition) is 3. The highest BCUT2D eigenvalue weighted by Crippen LogP contribution is 2.43. The molecule has 0 saturated heterocycles. The van der Waals surface area contributed by atoms with Gasteiger partial charge >= 0.3 is 26.0 Å². The van der Waals surface area contributed by atoms with E-state index in [1.54, 1.807) is 13.8 Å². The van der Waals surface area contributed by atoms with Gasteiger partial charge in [0.05, 0.1) is 23.9 Å². The lowest BCUT2D eigenvalue weighted by molar-refractivity contribution is -0.151. The maximum Gasteiger partial charge on any atom is 0.510 e. The summed E-state index contributed by atoms with van der Waals surface area (Å²) in [6.45, 7) is 15.5. The number of rotatable bonds is 18. The molecule has 2 aromatic rings. The van der Waals surface area contributed by atoms with E-state index in [9.17, 15) is 23.8 Å². The molecule has 2 rings (SSSR count). The molecule has 0 aliphatic rings. The van der Waals surface area contributed by atoms with Gasteiger partial charge in [-0.15, -0.1) is 0 Å². The third-order valence-corrected chi connectivity index (χ3v) is 7.49. The molecule has 1 unspecified atom stereocenters. The monoisotopic (exact) mass is 679 g/mol. The summed E-state index contributed by atoms with van der Waals surface area (Å²) in [4.78, 5) is 49.2. The van der Waals surface area contributed by atoms with Crippen molar-refractivity contribution in [3.05, 3.63) is 53.6 Å². The standard InChI is InChI=1S/C33H50N3O10P/c1-9-26(17-31(37)42-20-44-47(40,41)45-21-43-33(39)46-24(6)7)27-12-15-30(36(18-22(2)3)19-23(4)5)29(16-27)35-32(38)34-28-13-10-25(8)11-14-28/h10-16,22-24,26H,9,17-21H2,1-8H3,(H,40,41)(H2,34,35,38)/t26-/m0/s1. The average Bonchev–Trinajstić information content (AvgIpc) is 2.95. The zero-order valence-electron chi connectivity index (χ0n) is 28.6. The van der Waals surface area contributed by atoms with Gasteiger partial charge in [-0.2, -0.15) is 0 Å². The highest BCUT2D eigenvalue weighted by Gasteiger charge is 2.25. The van der Waals surface area contributed by atoms with Crippen LogP contribution in [0, 0.1) is 18.8 Å². The number of phosphoric ester groups is 1. The van der Waals surface area contributed by atoms with Crippen molar-refractivity contribution >= 4 is 43.0 Å². The normalized spacial score (nSPS) is 13.2. The van der Waals surface area contributed by atoms with Gasteiger partial charge in [0, 0.05) is 18.8 Å². The molecule has 0 heterocycles. The van der Waals surface area contributed by atoms with Crippen LogP contribution < -0.4 is 15.5 Å². The minimum atomic E-state index is -4.68. The number of phosphoric acid groups is 1. The Kier molecular flexibility index (Phi) is 16.2. The number of hydrogen-bond acceptors (Lipinski definition) is 10. The Morgan fingerprint density at radius 1 is 0.872 bits per heavy atom. The molecule has 0 spiro atoms. The van der Waals surface area contributed by atoms with Crippen LogP contribution in [0.15, 0.2) is 42.5 Å². The predicted molar refractivity (Wildman–Crippen MR) is 180 cm³/mol. The number of nitrogens with zero attached hydrogens (tertiary/aromatic N) is 1. The van der Waals surface area contributed by atoms with Crippen LogP contribution in [0.4, 0.5) is 26.7 Å². The lowest BCUT2D eigenvalue weighted by atomic mass is 9.92. The molecule has 0 bridgehead atoms. The molecule has 0 aromatic heterocycles. The van der Waals surface area contributed by atoms with E-state index in [2.05, 4.69) is 57.0 Å². The molecule has 0 saturated carbocycles. The second-order valence-electron chi connectivity index (χ2n) is 12.3. The minimum Gasteiger partial charge on any atom is -0.438 e. The Morgan fingerprint density at radius 2 is 1.47 bits per heavy atom. The van der Waals surface area contributed by atoms with E-state index in [0.717, 1.165) is 29.9 Å². The second-order valence-corrected chi connectivity index (χ2v) is 13.7. The first-order valence-corrected chi connectivity index (χ1v) is 17.2. The highest BCUT2D eigenvalue weighted by molar-refractivity contribution is 7.47. The largest absolute Gasteiger partial charge is 0.510 e. The van der Waals surface area contributed by atoms with Crippen LogP contribution in [-0.2, 0) is 32.6 Å². The summed E-state index contributed by atoms with van der Waals surface area (Å²) >= 11 is 0. The lowest BCUT2D eigenvalue weighted by Gasteiger charge is -2.31. The molecule has 2 atom stereocenters. The maximum atomic E-state index is 13.1. The van der Waals surface area contributed by atoms with Gasteiger partial charge in [0.15, 0.2) is 0 Å². The van der Waals surface area contributed by atoms with Crippen molar-refractivity contribution in [2.45, 2.75) is 80.3 Å². The molecule has 2 amide bonds. The smallest absolute Gasteiger partial charge is 0.438 e. The summed E-state index contributed by atoms with van der Waals surface area (Å²) in [6, 6.07) is 12.9. The Hall–Kier alpha value is -3.64. The lowest BCUT2D eigenvalue weighted by Crippen LogP contribution is -2.32. The maximum absolute atomic E-state index is 13.1. The number of ether oxygens (including phenoxy) is 3. The molecule has 0 radical (unpaired) electrons. The molecule has 0 fully saturated rings. The van der Waals surface area contributed by atoms with E-state index < -0.39 is 45.7 Å². The van der Waals surface area contributed by atoms with Crippen molar-refractivity contribution in [2.75, 3.05) is 42.2 Å². The molecule has 0 aliphatic carbocycles. The van der Waals surface area contributed by atoms with Crippen LogP contribution in [0.5, 0.6) is 0 Å². The van der Waals surface area contributed by atoms with Crippen molar-refractivity contribution in [2.24, 2.45) is 11.8 Å². The summed E-state index contributed by atoms with van der Waals surface area (Å²) in [5.74, 6) is -0.225. The van der Waals surface area contributed by atoms with Crippen molar-refractivity contribution in [3.8, 4) is 0 Å². The number of carbonyl (C=O) groups excluding carboxylic acids is 3. The Balaban J connectivity index is 2.15. The van der Waals surface area contributed by atoms with Crippen molar-refractivity contribution in [1.29, 1.82) is 0 Å². The third kappa shape index (κ3) is 15.2. The quantitative estimate of drug-likeness (QED) is 0.0801. The number of carbonyl (C=O) groups is 3. The van der Waals surface area contributed by atoms with Gasteiger partial charge in [-0.3, -0.25) is 4.79 Å². The third-order valence-electron chi connectivity index (χ3n) is 6.63. The van der Waals surface area contributed by atoms with Crippen LogP contribution in [0.25, 0.3) is 0 Å². The molecule has 14 heteroatoms. The van der Waals surface area contributed by atoms with Gasteiger partial charge < -0.3 is 34.6 Å². The fourth-order valence-electron chi connectivity index (χ4n) is 4.58. The molecule has 3 N–H and O–H groups in total. The Morgan fingerprint density at radius 3 is 2.02 bits per heavy atom. The summed E-state index contributed by atoms with van der Waals surface area (Å²) in [5, 5.41) is 5.90. The number of nitrogens with one attached hydrogen (secondary N) is 2. The fraction of sp³-hybridized carbons (Fsp3) is 0.545. The molecule has 2 aromatic carbocycles. The number of benzene rings is 2. The number of urea groups is 1. The zero-order chi connectivity index (χ0) is 35.1. The van der Waals surface area contributed by atoms with Gasteiger partial charge in [0.25, 0.3) is 0 Å². The minimum absolute atomic E-state index is 0.0589. The number of amides is 2. The van der Waals surface area contributed by atoms with Crippen LogP contribution in [0.2, 0.25) is 0 Å². The molecule has 47 heavy (non-hydrogen) atoms. The SMILES string of the molecule is CC[C@@H](CC(=O)OCOP(=O)(O)OCOC(=O)OC(C)C)c1ccc(N(CC(C)C)CC(C)C)c(NC(=O)Nc2ccc(C)cc2)c1. The first-order chi connectivity index (χ1) is 22.1. The van der Waals surface area contributed by atoms with Crippen LogP contribution in [-0.4, -0.2) is 55.8 Å². The van der Waals surface area contributed by atoms with Gasteiger partial charge in [0.1, 0.15) is 0 Å². The molecule has 262 valence electrons. The van der Waals surface area contributed by atoms with Gasteiger partial charge in [-0.1, -0.05) is 58.4 Å². The molecule has 13 nitrogen and oxygen atoms in total. The van der Waals surface area contributed by atoms with E-state index in [0.29, 0.717) is 29.6 Å². The zero-order valence-corrected chi connectivity index (χ0v) is 29.5. The molecular weight excluding hydrogens is 629 g/mol. The van der Waals surface area contributed by atoms with Gasteiger partial charge in [-0.25, -0.2) is 23.2 Å². The summed E-state index contributed by atoms with van der Waals surface area (Å²) in [7, 11) is -4.68. The van der Waals surface area contributed by atoms with E-state index >= 15 is 0 Å². The first-order valence-electron chi connectivity index (χ1n) is 15.7. The van der Waals surface area contributed by atoms with E-state index in [1.165, 1.54) is 0 Å². The van der Waals surface area contributed by atoms with E-state index in [4.69, 9.17) is 9.47 Å². The molecular formula is C33H50N3O10P. The molecule has 0 aliphatic heterocycles. The van der Waals surface area contributed by atoms with E-state index in [-0.39, 0.29) is 12.3 Å². The first kappa shape index (κ1) is 39.5. The number of aryl methyl sites for hydroxylation is 1. The topological polar surface area (TPSA) is 162 Å². The summed E-state index contributed by atoms with van der Waals surface area (Å²) in [5.41, 5.74) is 3.99. The summed E-state index contributed by atoms with van der Waals surface area (Å²) < 4.78 is 35.5. The predicted octanol–water partition coefficient (Wildman–Crippen LogP) is 7.79. The second kappa shape index (κ2) is 19.2. The van der Waals surface area contributed by atoms with Crippen LogP contribution in [0.1, 0.15) is 78.4 Å².